The first-order chi connectivity index (χ1) is 9.39. The summed E-state index contributed by atoms with van der Waals surface area (Å²) in [6, 6.07) is 0. The van der Waals surface area contributed by atoms with Crippen LogP contribution in [-0.4, -0.2) is 55.3 Å². The molecule has 0 saturated heterocycles. The van der Waals surface area contributed by atoms with Gasteiger partial charge in [-0.3, -0.25) is 4.55 Å². The molecular formula is C11H22N4O4S. The highest BCUT2D eigenvalue weighted by atomic mass is 32.2. The number of aryl methyl sites for hydroxylation is 1. The van der Waals surface area contributed by atoms with Crippen LogP contribution in [0.2, 0.25) is 0 Å². The number of methoxy groups -OCH3 is 1. The number of nitrogens with two attached hydrogens (primary N) is 1. The molecule has 1 aromatic rings. The lowest BCUT2D eigenvalue weighted by Gasteiger charge is -2.24. The zero-order valence-electron chi connectivity index (χ0n) is 11.8. The highest BCUT2D eigenvalue weighted by molar-refractivity contribution is 7.85. The third-order valence-corrected chi connectivity index (χ3v) is 3.66. The van der Waals surface area contributed by atoms with Crippen molar-refractivity contribution in [3.05, 3.63) is 6.20 Å². The molecule has 1 heterocycles. The van der Waals surface area contributed by atoms with E-state index in [4.69, 9.17) is 15.0 Å². The molecule has 0 fully saturated rings. The summed E-state index contributed by atoms with van der Waals surface area (Å²) in [5.74, 6) is 0.455. The summed E-state index contributed by atoms with van der Waals surface area (Å²) in [4.78, 5) is 2.01. The second kappa shape index (κ2) is 7.46. The predicted octanol–water partition coefficient (Wildman–Crippen LogP) is 0.216. The number of nitrogen functional groups attached to an aromatic ring is 1. The molecule has 9 heteroatoms. The fourth-order valence-corrected chi connectivity index (χ4v) is 2.41. The summed E-state index contributed by atoms with van der Waals surface area (Å²) in [6.07, 6.45) is 1.81. The maximum absolute atomic E-state index is 10.7. The quantitative estimate of drug-likeness (QED) is 0.628. The van der Waals surface area contributed by atoms with Gasteiger partial charge in [0.1, 0.15) is 5.82 Å². The number of rotatable bonds is 9. The minimum absolute atomic E-state index is 0.273. The van der Waals surface area contributed by atoms with Gasteiger partial charge >= 0.3 is 0 Å². The molecular weight excluding hydrogens is 284 g/mol. The van der Waals surface area contributed by atoms with E-state index in [1.807, 2.05) is 11.8 Å². The molecule has 0 aromatic carbocycles. The van der Waals surface area contributed by atoms with Gasteiger partial charge in [-0.2, -0.15) is 13.5 Å². The molecule has 8 nitrogen and oxygen atoms in total. The van der Waals surface area contributed by atoms with Crippen molar-refractivity contribution in [3.63, 3.8) is 0 Å². The molecule has 0 atom stereocenters. The summed E-state index contributed by atoms with van der Waals surface area (Å²) in [5, 5.41) is 4.14. The summed E-state index contributed by atoms with van der Waals surface area (Å²) in [5.41, 5.74) is 6.45. The van der Waals surface area contributed by atoms with Gasteiger partial charge in [0, 0.05) is 26.7 Å². The van der Waals surface area contributed by atoms with E-state index in [1.54, 1.807) is 11.8 Å². The first-order valence-electron chi connectivity index (χ1n) is 6.39. The van der Waals surface area contributed by atoms with Gasteiger partial charge < -0.3 is 15.4 Å². The summed E-state index contributed by atoms with van der Waals surface area (Å²) >= 11 is 0. The molecule has 20 heavy (non-hydrogen) atoms. The third-order valence-electron chi connectivity index (χ3n) is 2.86. The van der Waals surface area contributed by atoms with Gasteiger partial charge in [0.25, 0.3) is 10.1 Å². The fourth-order valence-electron chi connectivity index (χ4n) is 1.91. The van der Waals surface area contributed by atoms with Crippen LogP contribution in [-0.2, 0) is 21.4 Å². The van der Waals surface area contributed by atoms with E-state index < -0.39 is 10.1 Å². The number of nitrogens with zero attached hydrogens (tertiary/aromatic N) is 3. The van der Waals surface area contributed by atoms with Crippen LogP contribution in [0.15, 0.2) is 6.20 Å². The molecule has 0 aliphatic heterocycles. The van der Waals surface area contributed by atoms with Gasteiger partial charge in [-0.1, -0.05) is 0 Å². The average Bonchev–Trinajstić information content (AvgIpc) is 2.71. The lowest BCUT2D eigenvalue weighted by molar-refractivity contribution is 0.205. The van der Waals surface area contributed by atoms with Crippen LogP contribution in [0.5, 0.6) is 0 Å². The monoisotopic (exact) mass is 306 g/mol. The van der Waals surface area contributed by atoms with Gasteiger partial charge in [-0.25, -0.2) is 4.68 Å². The van der Waals surface area contributed by atoms with Crippen LogP contribution >= 0.6 is 0 Å². The lowest BCUT2D eigenvalue weighted by Crippen LogP contribution is -2.30. The van der Waals surface area contributed by atoms with E-state index in [1.165, 1.54) is 6.20 Å². The Morgan fingerprint density at radius 3 is 2.80 bits per heavy atom. The number of ether oxygens (including phenoxy) is 1. The molecule has 1 rings (SSSR count). The van der Waals surface area contributed by atoms with Crippen molar-refractivity contribution in [1.82, 2.24) is 9.78 Å². The fraction of sp³-hybridized carbons (Fsp3) is 0.727. The van der Waals surface area contributed by atoms with Crippen LogP contribution in [0.1, 0.15) is 13.3 Å². The number of anilines is 2. The van der Waals surface area contributed by atoms with Gasteiger partial charge in [0.05, 0.1) is 24.2 Å². The van der Waals surface area contributed by atoms with Crippen molar-refractivity contribution in [1.29, 1.82) is 0 Å². The van der Waals surface area contributed by atoms with Crippen LogP contribution in [0, 0.1) is 0 Å². The summed E-state index contributed by atoms with van der Waals surface area (Å²) in [6.45, 7) is 4.32. The molecule has 116 valence electrons. The smallest absolute Gasteiger partial charge is 0.264 e. The minimum Gasteiger partial charge on any atom is -0.394 e. The number of aromatic nitrogens is 2. The van der Waals surface area contributed by atoms with Crippen molar-refractivity contribution in [2.75, 3.05) is 43.2 Å². The van der Waals surface area contributed by atoms with E-state index in [2.05, 4.69) is 5.10 Å². The third kappa shape index (κ3) is 4.99. The maximum Gasteiger partial charge on any atom is 0.264 e. The minimum atomic E-state index is -3.95. The SMILES string of the molecule is CCN(CCOC)c1c(N)cnn1CCCS(=O)(=O)O. The van der Waals surface area contributed by atoms with Gasteiger partial charge in [0.2, 0.25) is 0 Å². The van der Waals surface area contributed by atoms with Crippen molar-refractivity contribution in [2.24, 2.45) is 0 Å². The predicted molar refractivity (Wildman–Crippen MR) is 77.4 cm³/mol. The van der Waals surface area contributed by atoms with Crippen molar-refractivity contribution < 1.29 is 17.7 Å². The highest BCUT2D eigenvalue weighted by Crippen LogP contribution is 2.22. The number of hydrogen-bond donors (Lipinski definition) is 2. The van der Waals surface area contributed by atoms with Crippen molar-refractivity contribution in [3.8, 4) is 0 Å². The zero-order chi connectivity index (χ0) is 15.2. The molecule has 0 aliphatic carbocycles. The molecule has 0 unspecified atom stereocenters. The summed E-state index contributed by atoms with van der Waals surface area (Å²) in [7, 11) is -2.32. The van der Waals surface area contributed by atoms with Crippen LogP contribution in [0.25, 0.3) is 0 Å². The van der Waals surface area contributed by atoms with E-state index in [9.17, 15) is 8.42 Å². The Balaban J connectivity index is 2.77. The Hall–Kier alpha value is -1.32. The Labute approximate surface area is 119 Å². The molecule has 1 aromatic heterocycles. The van der Waals surface area contributed by atoms with Crippen molar-refractivity contribution in [2.45, 2.75) is 19.9 Å². The zero-order valence-corrected chi connectivity index (χ0v) is 12.6. The maximum atomic E-state index is 10.7. The standard InChI is InChI=1S/C11H22N4O4S/c1-3-14(6-7-19-2)11-10(12)9-13-15(11)5-4-8-20(16,17)18/h9H,3-8,12H2,1-2H3,(H,16,17,18). The number of likely N-dealkylation sites (N-methyl/N-ethyl adjacent to an activating group) is 1. The second-order valence-corrected chi connectivity index (χ2v) is 5.93. The van der Waals surface area contributed by atoms with Gasteiger partial charge in [-0.05, 0) is 13.3 Å². The van der Waals surface area contributed by atoms with Gasteiger partial charge in [-0.15, -0.1) is 0 Å². The first-order valence-corrected chi connectivity index (χ1v) is 8.00. The Morgan fingerprint density at radius 1 is 1.55 bits per heavy atom. The molecule has 0 amide bonds. The van der Waals surface area contributed by atoms with Crippen LogP contribution < -0.4 is 10.6 Å². The Morgan fingerprint density at radius 2 is 2.25 bits per heavy atom. The summed E-state index contributed by atoms with van der Waals surface area (Å²) < 4.78 is 36.9. The second-order valence-electron chi connectivity index (χ2n) is 4.36. The van der Waals surface area contributed by atoms with Crippen molar-refractivity contribution >= 4 is 21.6 Å². The van der Waals surface area contributed by atoms with Gasteiger partial charge in [0.15, 0.2) is 0 Å². The normalized spacial score (nSPS) is 11.8. The molecule has 0 spiro atoms. The van der Waals surface area contributed by atoms with Crippen LogP contribution in [0.4, 0.5) is 11.5 Å². The molecule has 0 saturated carbocycles. The molecule has 0 radical (unpaired) electrons. The lowest BCUT2D eigenvalue weighted by atomic mass is 10.4. The molecule has 3 N–H and O–H groups in total. The van der Waals surface area contributed by atoms with E-state index >= 15 is 0 Å². The first kappa shape index (κ1) is 16.7. The average molecular weight is 306 g/mol. The molecule has 0 aliphatic rings. The van der Waals surface area contributed by atoms with E-state index in [0.29, 0.717) is 25.4 Å². The topological polar surface area (TPSA) is 111 Å². The van der Waals surface area contributed by atoms with Crippen LogP contribution in [0.3, 0.4) is 0 Å². The Kier molecular flexibility index (Phi) is 6.24. The molecule has 0 bridgehead atoms. The van der Waals surface area contributed by atoms with E-state index in [0.717, 1.165) is 12.4 Å². The Bertz CT molecular complexity index is 514. The largest absolute Gasteiger partial charge is 0.394 e. The number of hydrogen-bond acceptors (Lipinski definition) is 6. The van der Waals surface area contributed by atoms with E-state index in [-0.39, 0.29) is 12.2 Å². The highest BCUT2D eigenvalue weighted by Gasteiger charge is 2.15.